The minimum atomic E-state index is 0.778. The summed E-state index contributed by atoms with van der Waals surface area (Å²) in [5.74, 6) is 1.01. The van der Waals surface area contributed by atoms with Crippen molar-refractivity contribution in [2.24, 2.45) is 0 Å². The minimum absolute atomic E-state index is 0.778. The molecule has 0 saturated carbocycles. The average molecular weight is 287 g/mol. The van der Waals surface area contributed by atoms with Crippen molar-refractivity contribution in [2.75, 3.05) is 6.61 Å². The largest absolute Gasteiger partial charge is 0.493 e. The van der Waals surface area contributed by atoms with Gasteiger partial charge in [-0.1, -0.05) is 18.2 Å². The summed E-state index contributed by atoms with van der Waals surface area (Å²) in [6.45, 7) is 10.1. The molecule has 1 heterocycles. The lowest BCUT2D eigenvalue weighted by Gasteiger charge is -2.12. The second-order valence-corrected chi connectivity index (χ2v) is 5.46. The first-order valence-corrected chi connectivity index (χ1v) is 7.76. The summed E-state index contributed by atoms with van der Waals surface area (Å²) in [4.78, 5) is 0. The van der Waals surface area contributed by atoms with Gasteiger partial charge in [-0.15, -0.1) is 5.10 Å². The van der Waals surface area contributed by atoms with Crippen LogP contribution in [-0.2, 0) is 19.4 Å². The van der Waals surface area contributed by atoms with Crippen molar-refractivity contribution in [1.82, 2.24) is 15.0 Å². The zero-order chi connectivity index (χ0) is 15.2. The Morgan fingerprint density at radius 2 is 1.90 bits per heavy atom. The zero-order valence-corrected chi connectivity index (χ0v) is 13.5. The van der Waals surface area contributed by atoms with E-state index in [1.807, 2.05) is 10.9 Å². The highest BCUT2D eigenvalue weighted by Gasteiger charge is 2.07. The van der Waals surface area contributed by atoms with Gasteiger partial charge in [-0.2, -0.15) is 0 Å². The van der Waals surface area contributed by atoms with Crippen LogP contribution in [0, 0.1) is 13.8 Å². The highest BCUT2D eigenvalue weighted by molar-refractivity contribution is 5.41. The fourth-order valence-corrected chi connectivity index (χ4v) is 2.36. The van der Waals surface area contributed by atoms with E-state index in [4.69, 9.17) is 4.74 Å². The smallest absolute Gasteiger partial charge is 0.122 e. The van der Waals surface area contributed by atoms with Crippen molar-refractivity contribution in [1.29, 1.82) is 0 Å². The Morgan fingerprint density at radius 3 is 2.57 bits per heavy atom. The van der Waals surface area contributed by atoms with E-state index in [0.29, 0.717) is 0 Å². The monoisotopic (exact) mass is 287 g/mol. The van der Waals surface area contributed by atoms with Crippen LogP contribution in [0.25, 0.3) is 0 Å². The van der Waals surface area contributed by atoms with Crippen molar-refractivity contribution < 1.29 is 4.74 Å². The predicted molar refractivity (Wildman–Crippen MR) is 84.8 cm³/mol. The van der Waals surface area contributed by atoms with E-state index in [2.05, 4.69) is 50.1 Å². The molecule has 0 saturated heterocycles. The lowest BCUT2D eigenvalue weighted by atomic mass is 10.00. The molecule has 1 aromatic carbocycles. The normalized spacial score (nSPS) is 10.9. The average Bonchev–Trinajstić information content (AvgIpc) is 2.94. The first-order chi connectivity index (χ1) is 10.1. The van der Waals surface area contributed by atoms with E-state index in [-0.39, 0.29) is 0 Å². The molecule has 0 aliphatic rings. The van der Waals surface area contributed by atoms with Gasteiger partial charge in [0.15, 0.2) is 0 Å². The van der Waals surface area contributed by atoms with Crippen LogP contribution < -0.4 is 4.74 Å². The Kier molecular flexibility index (Phi) is 5.37. The lowest BCUT2D eigenvalue weighted by molar-refractivity contribution is 0.315. The van der Waals surface area contributed by atoms with Crippen LogP contribution in [0.4, 0.5) is 0 Å². The fourth-order valence-electron chi connectivity index (χ4n) is 2.36. The maximum Gasteiger partial charge on any atom is 0.122 e. The van der Waals surface area contributed by atoms with Gasteiger partial charge in [-0.25, -0.2) is 0 Å². The van der Waals surface area contributed by atoms with Crippen molar-refractivity contribution in [2.45, 2.75) is 53.5 Å². The number of hydrogen-bond donors (Lipinski definition) is 0. The lowest BCUT2D eigenvalue weighted by Crippen LogP contribution is -2.01. The van der Waals surface area contributed by atoms with Gasteiger partial charge in [0.1, 0.15) is 5.75 Å². The second-order valence-electron chi connectivity index (χ2n) is 5.46. The molecule has 0 aliphatic heterocycles. The van der Waals surface area contributed by atoms with Gasteiger partial charge < -0.3 is 4.74 Å². The summed E-state index contributed by atoms with van der Waals surface area (Å²) >= 11 is 0. The van der Waals surface area contributed by atoms with Crippen molar-refractivity contribution >= 4 is 0 Å². The van der Waals surface area contributed by atoms with Crippen LogP contribution in [-0.4, -0.2) is 21.6 Å². The SMILES string of the molecule is CCCOc1cc(C)c(CCc2cn(CC)nn2)cc1C. The molecule has 0 radical (unpaired) electrons. The van der Waals surface area contributed by atoms with Crippen LogP contribution in [0.5, 0.6) is 5.75 Å². The molecule has 0 unspecified atom stereocenters. The van der Waals surface area contributed by atoms with Crippen LogP contribution in [0.2, 0.25) is 0 Å². The number of nitrogens with zero attached hydrogens (tertiary/aromatic N) is 3. The number of benzene rings is 1. The van der Waals surface area contributed by atoms with Crippen LogP contribution in [0.1, 0.15) is 42.7 Å². The molecule has 0 spiro atoms. The van der Waals surface area contributed by atoms with Crippen LogP contribution in [0.3, 0.4) is 0 Å². The highest BCUT2D eigenvalue weighted by atomic mass is 16.5. The van der Waals surface area contributed by atoms with Crippen molar-refractivity contribution in [3.8, 4) is 5.75 Å². The van der Waals surface area contributed by atoms with E-state index < -0.39 is 0 Å². The first kappa shape index (κ1) is 15.5. The van der Waals surface area contributed by atoms with Gasteiger partial charge in [-0.3, -0.25) is 4.68 Å². The Morgan fingerprint density at radius 1 is 1.10 bits per heavy atom. The molecule has 4 nitrogen and oxygen atoms in total. The summed E-state index contributed by atoms with van der Waals surface area (Å²) in [5.41, 5.74) is 4.92. The second kappa shape index (κ2) is 7.25. The quantitative estimate of drug-likeness (QED) is 0.782. The summed E-state index contributed by atoms with van der Waals surface area (Å²) in [6, 6.07) is 4.40. The number of hydrogen-bond acceptors (Lipinski definition) is 3. The van der Waals surface area contributed by atoms with Gasteiger partial charge in [0, 0.05) is 12.7 Å². The molecule has 1 aromatic heterocycles. The Labute approximate surface area is 127 Å². The Hall–Kier alpha value is -1.84. The summed E-state index contributed by atoms with van der Waals surface area (Å²) in [7, 11) is 0. The predicted octanol–water partition coefficient (Wildman–Crippen LogP) is 3.49. The van der Waals surface area contributed by atoms with E-state index in [1.165, 1.54) is 16.7 Å². The third kappa shape index (κ3) is 4.06. The molecule has 0 amide bonds. The van der Waals surface area contributed by atoms with Gasteiger partial charge >= 0.3 is 0 Å². The van der Waals surface area contributed by atoms with Gasteiger partial charge in [0.25, 0.3) is 0 Å². The number of rotatable bonds is 7. The standard InChI is InChI=1S/C17H25N3O/c1-5-9-21-17-11-13(3)15(10-14(17)4)7-8-16-12-20(6-2)19-18-16/h10-12H,5-9H2,1-4H3. The molecular formula is C17H25N3O. The topological polar surface area (TPSA) is 39.9 Å². The van der Waals surface area contributed by atoms with Gasteiger partial charge in [0.2, 0.25) is 0 Å². The molecule has 0 fully saturated rings. The highest BCUT2D eigenvalue weighted by Crippen LogP contribution is 2.24. The number of ether oxygens (including phenoxy) is 1. The number of aryl methyl sites for hydroxylation is 5. The van der Waals surface area contributed by atoms with Gasteiger partial charge in [0.05, 0.1) is 12.3 Å². The molecule has 0 aliphatic carbocycles. The molecule has 0 atom stereocenters. The third-order valence-electron chi connectivity index (χ3n) is 3.66. The summed E-state index contributed by atoms with van der Waals surface area (Å²) in [6.07, 6.45) is 4.98. The first-order valence-electron chi connectivity index (χ1n) is 7.76. The Balaban J connectivity index is 2.04. The van der Waals surface area contributed by atoms with E-state index >= 15 is 0 Å². The van der Waals surface area contributed by atoms with Crippen molar-refractivity contribution in [3.05, 3.63) is 40.7 Å². The summed E-state index contributed by atoms with van der Waals surface area (Å²) < 4.78 is 7.65. The molecule has 4 heteroatoms. The zero-order valence-electron chi connectivity index (χ0n) is 13.5. The molecule has 21 heavy (non-hydrogen) atoms. The van der Waals surface area contributed by atoms with Crippen LogP contribution >= 0.6 is 0 Å². The molecule has 0 N–H and O–H groups in total. The van der Waals surface area contributed by atoms with Crippen LogP contribution in [0.15, 0.2) is 18.3 Å². The minimum Gasteiger partial charge on any atom is -0.493 e. The molecule has 0 bridgehead atoms. The third-order valence-corrected chi connectivity index (χ3v) is 3.66. The molecule has 2 aromatic rings. The number of aromatic nitrogens is 3. The van der Waals surface area contributed by atoms with E-state index in [1.54, 1.807) is 0 Å². The molecule has 2 rings (SSSR count). The van der Waals surface area contributed by atoms with E-state index in [9.17, 15) is 0 Å². The maximum atomic E-state index is 5.78. The van der Waals surface area contributed by atoms with E-state index in [0.717, 1.165) is 43.9 Å². The van der Waals surface area contributed by atoms with Crippen molar-refractivity contribution in [3.63, 3.8) is 0 Å². The fraction of sp³-hybridized carbons (Fsp3) is 0.529. The maximum absolute atomic E-state index is 5.78. The van der Waals surface area contributed by atoms with Gasteiger partial charge in [-0.05, 0) is 62.8 Å². The molecular weight excluding hydrogens is 262 g/mol. The molecule has 114 valence electrons. The Bertz CT molecular complexity index is 590. The summed E-state index contributed by atoms with van der Waals surface area (Å²) in [5, 5.41) is 8.28.